The largest absolute Gasteiger partial charge is 0.508 e. The van der Waals surface area contributed by atoms with Crippen LogP contribution in [0.25, 0.3) is 0 Å². The molecule has 0 spiro atoms. The third-order valence-electron chi connectivity index (χ3n) is 6.55. The molecule has 3 atom stereocenters. The Balaban J connectivity index is 3.16. The zero-order chi connectivity index (χ0) is 31.2. The van der Waals surface area contributed by atoms with Crippen LogP contribution in [0.3, 0.4) is 0 Å². The van der Waals surface area contributed by atoms with Crippen molar-refractivity contribution in [3.63, 3.8) is 0 Å². The summed E-state index contributed by atoms with van der Waals surface area (Å²) in [6.45, 7) is 13.8. The van der Waals surface area contributed by atoms with E-state index in [4.69, 9.17) is 29.4 Å². The van der Waals surface area contributed by atoms with E-state index in [1.807, 2.05) is 41.5 Å². The van der Waals surface area contributed by atoms with Crippen LogP contribution >= 0.6 is 0 Å². The van der Waals surface area contributed by atoms with Crippen molar-refractivity contribution in [3.8, 4) is 11.5 Å². The van der Waals surface area contributed by atoms with Crippen LogP contribution in [0.15, 0.2) is 18.2 Å². The second-order valence-corrected chi connectivity index (χ2v) is 11.6. The Bertz CT molecular complexity index is 1010. The van der Waals surface area contributed by atoms with E-state index < -0.39 is 35.7 Å². The molecule has 0 fully saturated rings. The van der Waals surface area contributed by atoms with E-state index >= 15 is 0 Å². The summed E-state index contributed by atoms with van der Waals surface area (Å²) in [5, 5.41) is 0. The minimum Gasteiger partial charge on any atom is -0.468 e. The summed E-state index contributed by atoms with van der Waals surface area (Å²) in [6, 6.07) is 4.67. The molecule has 1 aromatic rings. The molecule has 0 heterocycles. The quantitative estimate of drug-likeness (QED) is 0.179. The highest BCUT2D eigenvalue weighted by Gasteiger charge is 2.38. The predicted molar refractivity (Wildman–Crippen MR) is 154 cm³/mol. The molecular formula is C31H49NO9. The van der Waals surface area contributed by atoms with Crippen LogP contribution < -0.4 is 15.2 Å². The molecule has 232 valence electrons. The average Bonchev–Trinajstić information content (AvgIpc) is 2.89. The van der Waals surface area contributed by atoms with E-state index in [9.17, 15) is 19.2 Å². The Morgan fingerprint density at radius 3 is 1.95 bits per heavy atom. The monoisotopic (exact) mass is 579 g/mol. The fourth-order valence-electron chi connectivity index (χ4n) is 3.86. The lowest BCUT2D eigenvalue weighted by Gasteiger charge is -2.29. The van der Waals surface area contributed by atoms with Gasteiger partial charge in [0.15, 0.2) is 11.5 Å². The first-order valence-electron chi connectivity index (χ1n) is 14.4. The number of hydrogen-bond acceptors (Lipinski definition) is 10. The van der Waals surface area contributed by atoms with Crippen molar-refractivity contribution >= 4 is 24.1 Å². The van der Waals surface area contributed by atoms with Gasteiger partial charge in [0.25, 0.3) is 0 Å². The summed E-state index contributed by atoms with van der Waals surface area (Å²) in [7, 11) is 1.22. The van der Waals surface area contributed by atoms with E-state index in [0.29, 0.717) is 30.2 Å². The van der Waals surface area contributed by atoms with E-state index in [0.717, 1.165) is 6.42 Å². The maximum Gasteiger partial charge on any atom is 0.508 e. The standard InChI is InChI=1S/C31H49NO9/c1-9-22(6)19-38-30(36)39-23(7)17-31(32,29(35)37-8)18-24-12-13-25(40-27(33)14-10-20(2)3)26(16-24)41-28(34)15-11-21(4)5/h12-13,16,20-23H,9-11,14-15,17-19,32H2,1-8H3/t22?,23-,31?/m0/s1. The summed E-state index contributed by atoms with van der Waals surface area (Å²) >= 11 is 0. The lowest BCUT2D eigenvalue weighted by molar-refractivity contribution is -0.148. The van der Waals surface area contributed by atoms with Crippen molar-refractivity contribution in [2.75, 3.05) is 13.7 Å². The number of carbonyl (C=O) groups excluding carboxylic acids is 4. The minimum atomic E-state index is -1.58. The SMILES string of the molecule is CCC(C)COC(=O)O[C@@H](C)CC(N)(Cc1ccc(OC(=O)CCC(C)C)c(OC(=O)CCC(C)C)c1)C(=O)OC. The number of ether oxygens (including phenoxy) is 5. The molecule has 2 unspecified atom stereocenters. The summed E-state index contributed by atoms with van der Waals surface area (Å²) in [5.74, 6) is -0.659. The van der Waals surface area contributed by atoms with Crippen LogP contribution in [0, 0.1) is 17.8 Å². The number of benzene rings is 1. The van der Waals surface area contributed by atoms with Gasteiger partial charge in [-0.15, -0.1) is 0 Å². The van der Waals surface area contributed by atoms with Crippen molar-refractivity contribution in [2.45, 2.75) is 105 Å². The molecule has 0 saturated heterocycles. The third kappa shape index (κ3) is 13.9. The normalized spacial score (nSPS) is 14.1. The van der Waals surface area contributed by atoms with Crippen LogP contribution in [0.4, 0.5) is 4.79 Å². The summed E-state index contributed by atoms with van der Waals surface area (Å²) in [6.07, 6.45) is 0.833. The topological polar surface area (TPSA) is 140 Å². The fraction of sp³-hybridized carbons (Fsp3) is 0.677. The van der Waals surface area contributed by atoms with Crippen LogP contribution in [-0.4, -0.2) is 49.4 Å². The van der Waals surface area contributed by atoms with Crippen LogP contribution in [0.5, 0.6) is 11.5 Å². The molecule has 10 heteroatoms. The van der Waals surface area contributed by atoms with E-state index in [2.05, 4.69) is 0 Å². The number of carbonyl (C=O) groups is 4. The summed E-state index contributed by atoms with van der Waals surface area (Å²) in [4.78, 5) is 49.9. The molecule has 0 aliphatic carbocycles. The molecule has 0 saturated carbocycles. The highest BCUT2D eigenvalue weighted by atomic mass is 16.7. The van der Waals surface area contributed by atoms with Crippen molar-refractivity contribution in [2.24, 2.45) is 23.5 Å². The second-order valence-electron chi connectivity index (χ2n) is 11.6. The zero-order valence-corrected chi connectivity index (χ0v) is 25.9. The molecule has 0 radical (unpaired) electrons. The van der Waals surface area contributed by atoms with Crippen LogP contribution in [-0.2, 0) is 35.0 Å². The Kier molecular flexibility index (Phi) is 15.4. The molecule has 0 aliphatic heterocycles. The van der Waals surface area contributed by atoms with Gasteiger partial charge in [-0.3, -0.25) is 14.4 Å². The molecule has 1 rings (SSSR count). The lowest BCUT2D eigenvalue weighted by Crippen LogP contribution is -2.53. The maximum absolute atomic E-state index is 12.8. The summed E-state index contributed by atoms with van der Waals surface area (Å²) in [5.41, 5.74) is 5.47. The van der Waals surface area contributed by atoms with Crippen LogP contribution in [0.2, 0.25) is 0 Å². The number of hydrogen-bond donors (Lipinski definition) is 1. The first kappa shape index (κ1) is 35.9. The number of methoxy groups -OCH3 is 1. The zero-order valence-electron chi connectivity index (χ0n) is 25.9. The summed E-state index contributed by atoms with van der Waals surface area (Å²) < 4.78 is 26.5. The van der Waals surface area contributed by atoms with E-state index in [1.165, 1.54) is 19.2 Å². The average molecular weight is 580 g/mol. The maximum atomic E-state index is 12.8. The Labute approximate surface area is 244 Å². The first-order chi connectivity index (χ1) is 19.2. The minimum absolute atomic E-state index is 0.0343. The van der Waals surface area contributed by atoms with Gasteiger partial charge < -0.3 is 29.4 Å². The van der Waals surface area contributed by atoms with Crippen molar-refractivity contribution in [1.29, 1.82) is 0 Å². The molecule has 2 N–H and O–H groups in total. The van der Waals surface area contributed by atoms with Gasteiger partial charge in [-0.25, -0.2) is 4.79 Å². The highest BCUT2D eigenvalue weighted by Crippen LogP contribution is 2.32. The Morgan fingerprint density at radius 2 is 1.44 bits per heavy atom. The Morgan fingerprint density at radius 1 is 0.878 bits per heavy atom. The predicted octanol–water partition coefficient (Wildman–Crippen LogP) is 5.76. The van der Waals surface area contributed by atoms with Gasteiger partial charge in [0.05, 0.1) is 13.7 Å². The van der Waals surface area contributed by atoms with E-state index in [1.54, 1.807) is 13.0 Å². The molecular weight excluding hydrogens is 530 g/mol. The van der Waals surface area contributed by atoms with Crippen molar-refractivity contribution in [1.82, 2.24) is 0 Å². The van der Waals surface area contributed by atoms with Gasteiger partial charge in [0, 0.05) is 25.7 Å². The molecule has 41 heavy (non-hydrogen) atoms. The van der Waals surface area contributed by atoms with Gasteiger partial charge in [-0.1, -0.05) is 54.0 Å². The number of esters is 3. The van der Waals surface area contributed by atoms with Gasteiger partial charge >= 0.3 is 24.1 Å². The van der Waals surface area contributed by atoms with E-state index in [-0.39, 0.29) is 49.7 Å². The van der Waals surface area contributed by atoms with Gasteiger partial charge in [-0.05, 0) is 55.2 Å². The van der Waals surface area contributed by atoms with Crippen molar-refractivity contribution in [3.05, 3.63) is 23.8 Å². The third-order valence-corrected chi connectivity index (χ3v) is 6.55. The molecule has 0 amide bonds. The highest BCUT2D eigenvalue weighted by molar-refractivity contribution is 5.81. The number of rotatable bonds is 17. The Hall–Kier alpha value is -3.14. The molecule has 0 bridgehead atoms. The molecule has 0 aromatic heterocycles. The molecule has 0 aliphatic rings. The van der Waals surface area contributed by atoms with Crippen molar-refractivity contribution < 1.29 is 42.9 Å². The smallest absolute Gasteiger partial charge is 0.468 e. The van der Waals surface area contributed by atoms with Gasteiger partial charge in [-0.2, -0.15) is 0 Å². The fourth-order valence-corrected chi connectivity index (χ4v) is 3.86. The van der Waals surface area contributed by atoms with Gasteiger partial charge in [0.2, 0.25) is 0 Å². The second kappa shape index (κ2) is 17.6. The first-order valence-corrected chi connectivity index (χ1v) is 14.4. The lowest BCUT2D eigenvalue weighted by atomic mass is 9.86. The molecule has 10 nitrogen and oxygen atoms in total. The van der Waals surface area contributed by atoms with Crippen LogP contribution in [0.1, 0.15) is 92.6 Å². The number of nitrogens with two attached hydrogens (primary N) is 1. The molecule has 1 aromatic carbocycles. The van der Waals surface area contributed by atoms with Gasteiger partial charge in [0.1, 0.15) is 11.6 Å².